The molecule has 3 aromatic rings. The molecule has 5 heteroatoms. The first-order valence-corrected chi connectivity index (χ1v) is 10.2. The molecule has 4 nitrogen and oxygen atoms in total. The van der Waals surface area contributed by atoms with Gasteiger partial charge in [-0.25, -0.2) is 4.79 Å². The number of carbonyl (C=O) groups is 2. The fourth-order valence-electron chi connectivity index (χ4n) is 3.24. The van der Waals surface area contributed by atoms with Crippen molar-refractivity contribution >= 4 is 29.4 Å². The summed E-state index contributed by atoms with van der Waals surface area (Å²) in [5, 5.41) is 0.447. The van der Waals surface area contributed by atoms with Crippen molar-refractivity contribution in [2.75, 3.05) is 0 Å². The number of esters is 1. The number of allylic oxidation sites excluding steroid dienone is 1. The summed E-state index contributed by atoms with van der Waals surface area (Å²) < 4.78 is 11.2. The molecule has 0 unspecified atom stereocenters. The van der Waals surface area contributed by atoms with E-state index in [9.17, 15) is 9.59 Å². The Morgan fingerprint density at radius 1 is 1.00 bits per heavy atom. The number of fused-ring (bicyclic) bond motifs is 1. The molecule has 0 spiro atoms. The molecule has 156 valence electrons. The number of benzene rings is 3. The molecule has 0 bridgehead atoms. The van der Waals surface area contributed by atoms with E-state index < -0.39 is 5.97 Å². The monoisotopic (exact) mass is 432 g/mol. The summed E-state index contributed by atoms with van der Waals surface area (Å²) in [5.74, 6) is 0.132. The predicted molar refractivity (Wildman–Crippen MR) is 121 cm³/mol. The first-order valence-electron chi connectivity index (χ1n) is 9.87. The van der Waals surface area contributed by atoms with Gasteiger partial charge in [-0.05, 0) is 52.9 Å². The number of hydrogen-bond donors (Lipinski definition) is 0. The van der Waals surface area contributed by atoms with Gasteiger partial charge < -0.3 is 9.47 Å². The molecule has 1 aliphatic heterocycles. The van der Waals surface area contributed by atoms with Crippen molar-refractivity contribution in [1.82, 2.24) is 0 Å². The summed E-state index contributed by atoms with van der Waals surface area (Å²) in [4.78, 5) is 25.0. The number of hydrogen-bond acceptors (Lipinski definition) is 4. The minimum Gasteiger partial charge on any atom is -0.452 e. The van der Waals surface area contributed by atoms with Crippen LogP contribution in [0.2, 0.25) is 5.02 Å². The van der Waals surface area contributed by atoms with Crippen molar-refractivity contribution in [3.05, 3.63) is 99.8 Å². The molecule has 0 saturated carbocycles. The van der Waals surface area contributed by atoms with E-state index in [4.69, 9.17) is 21.1 Å². The van der Waals surface area contributed by atoms with Crippen LogP contribution in [0.15, 0.2) is 72.5 Å². The lowest BCUT2D eigenvalue weighted by Crippen LogP contribution is -2.10. The summed E-state index contributed by atoms with van der Waals surface area (Å²) in [6, 6.07) is 19.2. The van der Waals surface area contributed by atoms with Gasteiger partial charge >= 0.3 is 5.97 Å². The van der Waals surface area contributed by atoms with E-state index in [0.717, 1.165) is 5.56 Å². The minimum atomic E-state index is -0.540. The average molecular weight is 433 g/mol. The maximum Gasteiger partial charge on any atom is 0.343 e. The summed E-state index contributed by atoms with van der Waals surface area (Å²) in [7, 11) is 0. The van der Waals surface area contributed by atoms with Crippen LogP contribution in [0, 0.1) is 0 Å². The zero-order valence-corrected chi connectivity index (χ0v) is 18.2. The zero-order valence-electron chi connectivity index (χ0n) is 17.4. The number of ketones is 1. The Morgan fingerprint density at radius 2 is 1.74 bits per heavy atom. The Labute approximate surface area is 186 Å². The van der Waals surface area contributed by atoms with E-state index in [2.05, 4.69) is 20.8 Å². The SMILES string of the molecule is CC(C)(C)c1ccc(/C=C2\Oc3cc(OC(=O)c4cccc(Cl)c4)ccc3C2=O)cc1. The summed E-state index contributed by atoms with van der Waals surface area (Å²) in [6.07, 6.45) is 1.71. The van der Waals surface area contributed by atoms with Crippen molar-refractivity contribution in [2.45, 2.75) is 26.2 Å². The third-order valence-corrected chi connectivity index (χ3v) is 5.22. The van der Waals surface area contributed by atoms with Crippen LogP contribution in [-0.2, 0) is 5.41 Å². The van der Waals surface area contributed by atoms with Gasteiger partial charge in [0.05, 0.1) is 11.1 Å². The molecule has 1 heterocycles. The number of rotatable bonds is 3. The minimum absolute atomic E-state index is 0.0561. The number of carbonyl (C=O) groups excluding carboxylic acids is 2. The molecule has 3 aromatic carbocycles. The maximum atomic E-state index is 12.7. The predicted octanol–water partition coefficient (Wildman–Crippen LogP) is 6.47. The smallest absolute Gasteiger partial charge is 0.343 e. The van der Waals surface area contributed by atoms with Gasteiger partial charge in [0, 0.05) is 11.1 Å². The second-order valence-corrected chi connectivity index (χ2v) is 8.81. The molecular weight excluding hydrogens is 412 g/mol. The molecule has 0 aliphatic carbocycles. The lowest BCUT2D eigenvalue weighted by atomic mass is 9.86. The molecule has 0 N–H and O–H groups in total. The highest BCUT2D eigenvalue weighted by atomic mass is 35.5. The van der Waals surface area contributed by atoms with Crippen LogP contribution >= 0.6 is 11.6 Å². The van der Waals surface area contributed by atoms with Crippen molar-refractivity contribution in [2.24, 2.45) is 0 Å². The summed E-state index contributed by atoms with van der Waals surface area (Å²) in [5.41, 5.74) is 2.91. The van der Waals surface area contributed by atoms with Crippen molar-refractivity contribution in [3.63, 3.8) is 0 Å². The maximum absolute atomic E-state index is 12.7. The van der Waals surface area contributed by atoms with Crippen molar-refractivity contribution < 1.29 is 19.1 Å². The third-order valence-electron chi connectivity index (χ3n) is 4.99. The first kappa shape index (κ1) is 20.9. The van der Waals surface area contributed by atoms with Gasteiger partial charge in [0.1, 0.15) is 11.5 Å². The topological polar surface area (TPSA) is 52.6 Å². The van der Waals surface area contributed by atoms with Crippen LogP contribution in [0.5, 0.6) is 11.5 Å². The lowest BCUT2D eigenvalue weighted by Gasteiger charge is -2.18. The largest absolute Gasteiger partial charge is 0.452 e. The molecule has 0 fully saturated rings. The van der Waals surface area contributed by atoms with Gasteiger partial charge in [-0.2, -0.15) is 0 Å². The molecule has 0 radical (unpaired) electrons. The molecule has 0 amide bonds. The highest BCUT2D eigenvalue weighted by Gasteiger charge is 2.28. The third kappa shape index (κ3) is 4.54. The Morgan fingerprint density at radius 3 is 2.42 bits per heavy atom. The van der Waals surface area contributed by atoms with Gasteiger partial charge in [-0.15, -0.1) is 0 Å². The van der Waals surface area contributed by atoms with E-state index in [1.165, 1.54) is 11.6 Å². The molecule has 31 heavy (non-hydrogen) atoms. The highest BCUT2D eigenvalue weighted by Crippen LogP contribution is 2.35. The fraction of sp³-hybridized carbons (Fsp3) is 0.154. The second kappa shape index (κ2) is 8.05. The van der Waals surface area contributed by atoms with Gasteiger partial charge in [0.2, 0.25) is 5.78 Å². The Hall–Kier alpha value is -3.37. The molecule has 0 aromatic heterocycles. The van der Waals surface area contributed by atoms with Crippen LogP contribution in [0.4, 0.5) is 0 Å². The Bertz CT molecular complexity index is 1200. The van der Waals surface area contributed by atoms with Crippen LogP contribution in [0.25, 0.3) is 6.08 Å². The number of ether oxygens (including phenoxy) is 2. The Balaban J connectivity index is 1.53. The fourth-order valence-corrected chi connectivity index (χ4v) is 3.43. The van der Waals surface area contributed by atoms with Crippen LogP contribution in [-0.4, -0.2) is 11.8 Å². The second-order valence-electron chi connectivity index (χ2n) is 8.37. The standard InChI is InChI=1S/C26H21ClO4/c1-26(2,3)18-9-7-16(8-10-18)13-23-24(28)21-12-11-20(15-22(21)31-23)30-25(29)17-5-4-6-19(27)14-17/h4-15H,1-3H3/b23-13-. The number of Topliss-reactive ketones (excluding diaryl/α,β-unsaturated/α-hetero) is 1. The van der Waals surface area contributed by atoms with E-state index in [1.807, 2.05) is 24.3 Å². The van der Waals surface area contributed by atoms with E-state index in [-0.39, 0.29) is 22.7 Å². The van der Waals surface area contributed by atoms with Crippen LogP contribution in [0.3, 0.4) is 0 Å². The van der Waals surface area contributed by atoms with Gasteiger partial charge in [-0.3, -0.25) is 4.79 Å². The lowest BCUT2D eigenvalue weighted by molar-refractivity contribution is 0.0734. The molecule has 4 rings (SSSR count). The highest BCUT2D eigenvalue weighted by molar-refractivity contribution is 6.30. The van der Waals surface area contributed by atoms with Gasteiger partial charge in [-0.1, -0.05) is 62.7 Å². The van der Waals surface area contributed by atoms with Gasteiger partial charge in [0.25, 0.3) is 0 Å². The van der Waals surface area contributed by atoms with Crippen LogP contribution in [0.1, 0.15) is 52.6 Å². The summed E-state index contributed by atoms with van der Waals surface area (Å²) >= 11 is 5.93. The van der Waals surface area contributed by atoms with E-state index >= 15 is 0 Å². The molecule has 1 aliphatic rings. The molecule has 0 atom stereocenters. The first-order chi connectivity index (χ1) is 14.7. The van der Waals surface area contributed by atoms with Crippen molar-refractivity contribution in [1.29, 1.82) is 0 Å². The van der Waals surface area contributed by atoms with Crippen molar-refractivity contribution in [3.8, 4) is 11.5 Å². The van der Waals surface area contributed by atoms with E-state index in [0.29, 0.717) is 21.9 Å². The average Bonchev–Trinajstić information content (AvgIpc) is 3.02. The zero-order chi connectivity index (χ0) is 22.2. The molecule has 0 saturated heterocycles. The van der Waals surface area contributed by atoms with Crippen LogP contribution < -0.4 is 9.47 Å². The Kier molecular flexibility index (Phi) is 5.42. The van der Waals surface area contributed by atoms with E-state index in [1.54, 1.807) is 42.5 Å². The summed E-state index contributed by atoms with van der Waals surface area (Å²) in [6.45, 7) is 6.45. The quantitative estimate of drug-likeness (QED) is 0.270. The normalized spacial score (nSPS) is 14.3. The van der Waals surface area contributed by atoms with Gasteiger partial charge in [0.15, 0.2) is 5.76 Å². The molecular formula is C26H21ClO4. The number of halogens is 1.